The Hall–Kier alpha value is -3.37. The van der Waals surface area contributed by atoms with Crippen LogP contribution in [-0.4, -0.2) is 81.4 Å². The van der Waals surface area contributed by atoms with Gasteiger partial charge in [-0.1, -0.05) is 12.5 Å². The molecule has 0 unspecified atom stereocenters. The van der Waals surface area contributed by atoms with Crippen molar-refractivity contribution in [1.82, 2.24) is 14.7 Å². The number of likely N-dealkylation sites (tertiary alicyclic amines) is 2. The van der Waals surface area contributed by atoms with E-state index in [2.05, 4.69) is 4.99 Å². The molecule has 6 amide bonds. The second-order valence-corrected chi connectivity index (χ2v) is 12.2. The molecule has 7 rings (SSSR count). The first kappa shape index (κ1) is 24.7. The third-order valence-electron chi connectivity index (χ3n) is 10.5. The average Bonchev–Trinajstić information content (AvgIpc) is 3.58. The summed E-state index contributed by atoms with van der Waals surface area (Å²) in [5, 5.41) is 0. The van der Waals surface area contributed by atoms with Crippen molar-refractivity contribution in [3.8, 4) is 0 Å². The van der Waals surface area contributed by atoms with Crippen molar-refractivity contribution in [3.63, 3.8) is 0 Å². The second kappa shape index (κ2) is 7.85. The summed E-state index contributed by atoms with van der Waals surface area (Å²) in [5.74, 6) is -6.34. The zero-order valence-corrected chi connectivity index (χ0v) is 22.5. The number of amides is 6. The first-order chi connectivity index (χ1) is 18.6. The number of carbonyl (C=O) groups excluding carboxylic acids is 6. The van der Waals surface area contributed by atoms with Crippen LogP contribution in [0.4, 0.5) is 4.79 Å². The summed E-state index contributed by atoms with van der Waals surface area (Å²) >= 11 is 0. The summed E-state index contributed by atoms with van der Waals surface area (Å²) in [5.41, 5.74) is -0.451. The maximum atomic E-state index is 14.2. The van der Waals surface area contributed by atoms with Crippen molar-refractivity contribution in [1.29, 1.82) is 0 Å². The van der Waals surface area contributed by atoms with Crippen LogP contribution in [0, 0.1) is 47.3 Å². The zero-order valence-electron chi connectivity index (χ0n) is 22.5. The molecule has 39 heavy (non-hydrogen) atoms. The van der Waals surface area contributed by atoms with Gasteiger partial charge in [0.25, 0.3) is 5.91 Å². The maximum Gasteiger partial charge on any atom is 0.424 e. The van der Waals surface area contributed by atoms with Gasteiger partial charge >= 0.3 is 6.09 Å². The lowest BCUT2D eigenvalue weighted by atomic mass is 9.50. The maximum absolute atomic E-state index is 14.2. The summed E-state index contributed by atoms with van der Waals surface area (Å²) in [7, 11) is 0. The van der Waals surface area contributed by atoms with E-state index < -0.39 is 59.0 Å². The molecule has 5 fully saturated rings. The number of aliphatic imine (C=N–C) groups is 1. The molecule has 0 N–H and O–H groups in total. The predicted octanol–water partition coefficient (Wildman–Crippen LogP) is 1.37. The van der Waals surface area contributed by atoms with E-state index in [9.17, 15) is 28.8 Å². The predicted molar refractivity (Wildman–Crippen MR) is 133 cm³/mol. The van der Waals surface area contributed by atoms with E-state index >= 15 is 0 Å². The van der Waals surface area contributed by atoms with E-state index in [1.807, 2.05) is 0 Å². The molecule has 8 atom stereocenters. The summed E-state index contributed by atoms with van der Waals surface area (Å²) in [6.45, 7) is 7.81. The second-order valence-electron chi connectivity index (χ2n) is 12.2. The molecule has 3 aliphatic carbocycles. The minimum atomic E-state index is -1.41. The molecule has 0 radical (unpaired) electrons. The van der Waals surface area contributed by atoms with Gasteiger partial charge in [-0.15, -0.1) is 0 Å². The number of hydrogen-bond acceptors (Lipinski definition) is 8. The van der Waals surface area contributed by atoms with Crippen LogP contribution in [0.15, 0.2) is 16.1 Å². The molecule has 2 saturated carbocycles. The highest BCUT2D eigenvalue weighted by Crippen LogP contribution is 2.63. The molecule has 0 aromatic heterocycles. The number of carbonyl (C=O) groups is 6. The number of rotatable bonds is 4. The molecule has 11 heteroatoms. The van der Waals surface area contributed by atoms with Gasteiger partial charge in [-0.3, -0.25) is 38.8 Å². The van der Waals surface area contributed by atoms with Gasteiger partial charge in [-0.2, -0.15) is 0 Å². The van der Waals surface area contributed by atoms with Crippen molar-refractivity contribution >= 4 is 41.5 Å². The standard InChI is InChI=1S/C28H32N4O7/c1-5-30-21(33)14-9-13-17-15(11(3)16-18(13)23(35)31(6-2)22(16)34)25(37)32-27(38)39-26(29-10-12-7-8-12)28(32,4)20(17)19(14)24(30)36/h11-14,16,18-20H,5-10H2,1-4H3/t11-,13+,14+,16-,18+,19+,20-,28-/m0/s1. The van der Waals surface area contributed by atoms with Gasteiger partial charge in [-0.05, 0) is 57.8 Å². The molecule has 4 heterocycles. The highest BCUT2D eigenvalue weighted by molar-refractivity contribution is 6.18. The molecular weight excluding hydrogens is 504 g/mol. The Morgan fingerprint density at radius 1 is 0.872 bits per heavy atom. The number of ether oxygens (including phenoxy) is 1. The first-order valence-corrected chi connectivity index (χ1v) is 14.1. The molecule has 0 bridgehead atoms. The number of hydrogen-bond donors (Lipinski definition) is 0. The Balaban J connectivity index is 1.48. The minimum Gasteiger partial charge on any atom is -0.393 e. The van der Waals surface area contributed by atoms with Crippen LogP contribution < -0.4 is 0 Å². The summed E-state index contributed by atoms with van der Waals surface area (Å²) in [4.78, 5) is 90.3. The normalized spacial score (nSPS) is 41.9. The van der Waals surface area contributed by atoms with Gasteiger partial charge in [0.15, 0.2) is 0 Å². The van der Waals surface area contributed by atoms with Gasteiger partial charge < -0.3 is 4.74 Å². The Morgan fingerprint density at radius 2 is 1.49 bits per heavy atom. The molecule has 0 aromatic carbocycles. The van der Waals surface area contributed by atoms with Crippen LogP contribution in [0.25, 0.3) is 0 Å². The van der Waals surface area contributed by atoms with Crippen molar-refractivity contribution in [2.24, 2.45) is 52.3 Å². The van der Waals surface area contributed by atoms with E-state index in [1.54, 1.807) is 27.7 Å². The molecular formula is C28H32N4O7. The number of nitrogens with zero attached hydrogens (tertiary/aromatic N) is 4. The van der Waals surface area contributed by atoms with Gasteiger partial charge in [0, 0.05) is 31.1 Å². The van der Waals surface area contributed by atoms with Crippen molar-refractivity contribution in [2.45, 2.75) is 52.5 Å². The van der Waals surface area contributed by atoms with Crippen molar-refractivity contribution in [3.05, 3.63) is 11.1 Å². The molecule has 206 valence electrons. The number of cyclic esters (lactones) is 1. The van der Waals surface area contributed by atoms with E-state index in [0.29, 0.717) is 23.6 Å². The summed E-state index contributed by atoms with van der Waals surface area (Å²) < 4.78 is 5.66. The van der Waals surface area contributed by atoms with Crippen LogP contribution >= 0.6 is 0 Å². The molecule has 0 aromatic rings. The topological polar surface area (TPSA) is 134 Å². The Bertz CT molecular complexity index is 1350. The van der Waals surface area contributed by atoms with E-state index in [0.717, 1.165) is 17.7 Å². The lowest BCUT2D eigenvalue weighted by Gasteiger charge is -2.55. The van der Waals surface area contributed by atoms with Gasteiger partial charge in [-0.25, -0.2) is 9.69 Å². The zero-order chi connectivity index (χ0) is 27.7. The summed E-state index contributed by atoms with van der Waals surface area (Å²) in [6, 6.07) is 0. The molecule has 7 aliphatic rings. The van der Waals surface area contributed by atoms with E-state index in [-0.39, 0.29) is 49.0 Å². The van der Waals surface area contributed by atoms with E-state index in [4.69, 9.17) is 4.74 Å². The third-order valence-corrected chi connectivity index (χ3v) is 10.5. The molecule has 4 aliphatic heterocycles. The minimum absolute atomic E-state index is 0.0951. The number of fused-ring (bicyclic) bond motifs is 6. The van der Waals surface area contributed by atoms with Gasteiger partial charge in [0.05, 0.1) is 23.7 Å². The highest BCUT2D eigenvalue weighted by atomic mass is 16.6. The first-order valence-electron chi connectivity index (χ1n) is 14.1. The Kier molecular flexibility index (Phi) is 4.96. The van der Waals surface area contributed by atoms with Crippen molar-refractivity contribution < 1.29 is 33.5 Å². The monoisotopic (exact) mass is 536 g/mol. The van der Waals surface area contributed by atoms with Crippen LogP contribution in [-0.2, 0) is 28.7 Å². The number of imide groups is 3. The summed E-state index contributed by atoms with van der Waals surface area (Å²) in [6.07, 6.45) is 1.40. The fraction of sp³-hybridized carbons (Fsp3) is 0.679. The average molecular weight is 537 g/mol. The molecule has 0 spiro atoms. The third kappa shape index (κ3) is 2.81. The fourth-order valence-electron chi connectivity index (χ4n) is 8.64. The lowest BCUT2D eigenvalue weighted by Crippen LogP contribution is -2.66. The lowest BCUT2D eigenvalue weighted by molar-refractivity contribution is -0.142. The van der Waals surface area contributed by atoms with Gasteiger partial charge in [0.1, 0.15) is 5.54 Å². The highest BCUT2D eigenvalue weighted by Gasteiger charge is 2.73. The largest absolute Gasteiger partial charge is 0.424 e. The molecule has 11 nitrogen and oxygen atoms in total. The van der Waals surface area contributed by atoms with Crippen LogP contribution in [0.1, 0.15) is 47.0 Å². The Labute approximate surface area is 225 Å². The van der Waals surface area contributed by atoms with Crippen molar-refractivity contribution in [2.75, 3.05) is 19.6 Å². The van der Waals surface area contributed by atoms with Crippen LogP contribution in [0.3, 0.4) is 0 Å². The molecule has 3 saturated heterocycles. The van der Waals surface area contributed by atoms with E-state index in [1.165, 1.54) is 9.80 Å². The fourth-order valence-corrected chi connectivity index (χ4v) is 8.64. The quantitative estimate of drug-likeness (QED) is 0.496. The van der Waals surface area contributed by atoms with Crippen LogP contribution in [0.5, 0.6) is 0 Å². The Morgan fingerprint density at radius 3 is 2.13 bits per heavy atom. The van der Waals surface area contributed by atoms with Gasteiger partial charge in [0.2, 0.25) is 29.5 Å². The SMILES string of the molecule is CCN1C(=O)[C@@H]2[C@H](C1=O)[C@@H]1C[C@H]3C(=O)N(CC)C(=O)[C@H]3[C@@H]3C1=C(C(=O)N1C(=O)OC(=NCC4CC4)[C@]31C)[C@@H]2C. The smallest absolute Gasteiger partial charge is 0.393 e. The van der Waals surface area contributed by atoms with Crippen LogP contribution in [0.2, 0.25) is 0 Å².